The van der Waals surface area contributed by atoms with Crippen molar-refractivity contribution in [2.75, 3.05) is 0 Å². The maximum Gasteiger partial charge on any atom is 0.195 e. The van der Waals surface area contributed by atoms with Crippen molar-refractivity contribution in [2.24, 2.45) is 0 Å². The van der Waals surface area contributed by atoms with E-state index in [0.717, 1.165) is 8.95 Å². The molecule has 0 saturated heterocycles. The molecule has 1 rings (SSSR count). The molecule has 10 heavy (non-hydrogen) atoms. The molecule has 4 heteroatoms. The molecule has 1 aromatic rings. The lowest BCUT2D eigenvalue weighted by atomic mass is 10.3. The van der Waals surface area contributed by atoms with Gasteiger partial charge in [0.25, 0.3) is 0 Å². The molecule has 0 amide bonds. The van der Waals surface area contributed by atoms with Crippen LogP contribution in [-0.2, 0) is 5.11 Å². The highest BCUT2D eigenvalue weighted by Gasteiger charge is 2.04. The molecule has 53 valence electrons. The molecule has 0 heterocycles. The van der Waals surface area contributed by atoms with E-state index in [-0.39, 0.29) is 5.75 Å². The predicted molar refractivity (Wildman–Crippen MR) is 49.7 cm³/mol. The molecular formula is C6H2Br3O. The smallest absolute Gasteiger partial charge is 0.195 e. The summed E-state index contributed by atoms with van der Waals surface area (Å²) in [5, 5.41) is 11.0. The zero-order chi connectivity index (χ0) is 7.72. The Balaban J connectivity index is 3.31. The van der Waals surface area contributed by atoms with Gasteiger partial charge in [-0.15, -0.1) is 0 Å². The van der Waals surface area contributed by atoms with Crippen LogP contribution in [0.3, 0.4) is 0 Å². The minimum absolute atomic E-state index is 0.0266. The number of hydrogen-bond donors (Lipinski definition) is 0. The molecular weight excluding hydrogens is 328 g/mol. The Morgan fingerprint density at radius 3 is 2.20 bits per heavy atom. The van der Waals surface area contributed by atoms with Crippen LogP contribution < -0.4 is 0 Å². The SMILES string of the molecule is [O]c1cc(Br)cc(Br)c1Br. The average molecular weight is 330 g/mol. The predicted octanol–water partition coefficient (Wildman–Crippen LogP) is 4.12. The monoisotopic (exact) mass is 327 g/mol. The first-order valence-electron chi connectivity index (χ1n) is 2.43. The highest BCUT2D eigenvalue weighted by Crippen LogP contribution is 2.35. The van der Waals surface area contributed by atoms with E-state index in [4.69, 9.17) is 0 Å². The van der Waals surface area contributed by atoms with Crippen molar-refractivity contribution in [3.05, 3.63) is 25.6 Å². The Kier molecular flexibility index (Phi) is 2.77. The van der Waals surface area contributed by atoms with E-state index in [9.17, 15) is 5.11 Å². The van der Waals surface area contributed by atoms with E-state index >= 15 is 0 Å². The molecule has 0 fully saturated rings. The Bertz CT molecular complexity index is 236. The summed E-state index contributed by atoms with van der Waals surface area (Å²) in [5.41, 5.74) is 0. The van der Waals surface area contributed by atoms with Crippen LogP contribution in [-0.4, -0.2) is 0 Å². The van der Waals surface area contributed by atoms with E-state index in [1.807, 2.05) is 6.07 Å². The summed E-state index contributed by atoms with van der Waals surface area (Å²) in [4.78, 5) is 0. The van der Waals surface area contributed by atoms with Crippen molar-refractivity contribution in [3.8, 4) is 5.75 Å². The normalized spacial score (nSPS) is 9.90. The summed E-state index contributed by atoms with van der Waals surface area (Å²) in [6.07, 6.45) is 0. The molecule has 1 aromatic carbocycles. The van der Waals surface area contributed by atoms with Crippen molar-refractivity contribution >= 4 is 47.8 Å². The van der Waals surface area contributed by atoms with Crippen molar-refractivity contribution < 1.29 is 5.11 Å². The molecule has 0 saturated carbocycles. The lowest BCUT2D eigenvalue weighted by molar-refractivity contribution is 0.351. The van der Waals surface area contributed by atoms with Gasteiger partial charge in [-0.2, -0.15) is 0 Å². The van der Waals surface area contributed by atoms with Gasteiger partial charge in [-0.25, -0.2) is 0 Å². The van der Waals surface area contributed by atoms with Crippen LogP contribution in [0.15, 0.2) is 25.6 Å². The van der Waals surface area contributed by atoms with Gasteiger partial charge in [-0.05, 0) is 37.9 Å². The van der Waals surface area contributed by atoms with Gasteiger partial charge in [0, 0.05) is 15.0 Å². The van der Waals surface area contributed by atoms with Crippen LogP contribution >= 0.6 is 47.8 Å². The average Bonchev–Trinajstić information content (AvgIpc) is 1.82. The van der Waals surface area contributed by atoms with Gasteiger partial charge in [-0.3, -0.25) is 5.11 Å². The van der Waals surface area contributed by atoms with Crippen LogP contribution in [0.2, 0.25) is 0 Å². The summed E-state index contributed by atoms with van der Waals surface area (Å²) in [6, 6.07) is 3.32. The first-order chi connectivity index (χ1) is 4.61. The third kappa shape index (κ3) is 1.74. The van der Waals surface area contributed by atoms with Gasteiger partial charge in [0.05, 0.1) is 4.47 Å². The third-order valence-electron chi connectivity index (χ3n) is 0.960. The Morgan fingerprint density at radius 2 is 1.70 bits per heavy atom. The zero-order valence-electron chi connectivity index (χ0n) is 4.70. The largest absolute Gasteiger partial charge is 0.289 e. The Labute approximate surface area is 83.8 Å². The maximum atomic E-state index is 11.0. The lowest BCUT2D eigenvalue weighted by Gasteiger charge is -1.96. The molecule has 1 radical (unpaired) electrons. The fourth-order valence-corrected chi connectivity index (χ4v) is 1.95. The molecule has 0 aliphatic carbocycles. The second-order valence-electron chi connectivity index (χ2n) is 1.70. The molecule has 0 atom stereocenters. The van der Waals surface area contributed by atoms with E-state index in [0.29, 0.717) is 4.47 Å². The van der Waals surface area contributed by atoms with Crippen LogP contribution in [0.4, 0.5) is 0 Å². The number of benzene rings is 1. The van der Waals surface area contributed by atoms with Gasteiger partial charge in [0.15, 0.2) is 5.75 Å². The molecule has 0 aliphatic rings. The first-order valence-corrected chi connectivity index (χ1v) is 4.80. The quantitative estimate of drug-likeness (QED) is 0.638. The minimum Gasteiger partial charge on any atom is -0.289 e. The zero-order valence-corrected chi connectivity index (χ0v) is 9.45. The number of hydrogen-bond acceptors (Lipinski definition) is 0. The molecule has 0 bridgehead atoms. The van der Waals surface area contributed by atoms with Gasteiger partial charge in [0.1, 0.15) is 0 Å². The third-order valence-corrected chi connectivity index (χ3v) is 3.39. The number of rotatable bonds is 0. The topological polar surface area (TPSA) is 19.9 Å². The van der Waals surface area contributed by atoms with Gasteiger partial charge in [-0.1, -0.05) is 15.9 Å². The van der Waals surface area contributed by atoms with Crippen LogP contribution in [0, 0.1) is 0 Å². The van der Waals surface area contributed by atoms with Crippen LogP contribution in [0.5, 0.6) is 5.75 Å². The molecule has 0 spiro atoms. The maximum absolute atomic E-state index is 11.0. The summed E-state index contributed by atoms with van der Waals surface area (Å²) >= 11 is 9.55. The molecule has 1 nitrogen and oxygen atoms in total. The lowest BCUT2D eigenvalue weighted by Crippen LogP contribution is -1.70. The van der Waals surface area contributed by atoms with Crippen molar-refractivity contribution in [1.29, 1.82) is 0 Å². The van der Waals surface area contributed by atoms with E-state index < -0.39 is 0 Å². The van der Waals surface area contributed by atoms with E-state index in [1.165, 1.54) is 6.07 Å². The second kappa shape index (κ2) is 3.24. The highest BCUT2D eigenvalue weighted by molar-refractivity contribution is 9.13. The fourth-order valence-electron chi connectivity index (χ4n) is 0.532. The van der Waals surface area contributed by atoms with Crippen molar-refractivity contribution in [3.63, 3.8) is 0 Å². The van der Waals surface area contributed by atoms with Crippen LogP contribution in [0.25, 0.3) is 0 Å². The molecule has 0 aliphatic heterocycles. The summed E-state index contributed by atoms with van der Waals surface area (Å²) in [5.74, 6) is -0.0266. The van der Waals surface area contributed by atoms with Crippen molar-refractivity contribution in [2.45, 2.75) is 0 Å². The van der Waals surface area contributed by atoms with Crippen molar-refractivity contribution in [1.82, 2.24) is 0 Å². The first kappa shape index (κ1) is 8.56. The molecule has 0 aromatic heterocycles. The minimum atomic E-state index is -0.0266. The summed E-state index contributed by atoms with van der Waals surface area (Å²) < 4.78 is 2.12. The number of halogens is 3. The fraction of sp³-hybridized carbons (Fsp3) is 0. The van der Waals surface area contributed by atoms with E-state index in [1.54, 1.807) is 0 Å². The van der Waals surface area contributed by atoms with E-state index in [2.05, 4.69) is 47.8 Å². The standard InChI is InChI=1S/C6H2Br3O/c7-3-1-4(8)6(9)5(10)2-3/h1-2H. The van der Waals surface area contributed by atoms with Gasteiger partial charge < -0.3 is 0 Å². The van der Waals surface area contributed by atoms with Gasteiger partial charge in [0.2, 0.25) is 0 Å². The summed E-state index contributed by atoms with van der Waals surface area (Å²) in [6.45, 7) is 0. The Hall–Kier alpha value is 0.460. The Morgan fingerprint density at radius 1 is 1.10 bits per heavy atom. The molecule has 0 unspecified atom stereocenters. The highest BCUT2D eigenvalue weighted by atomic mass is 79.9. The summed E-state index contributed by atoms with van der Waals surface area (Å²) in [7, 11) is 0. The molecule has 0 N–H and O–H groups in total. The van der Waals surface area contributed by atoms with Gasteiger partial charge >= 0.3 is 0 Å². The second-order valence-corrected chi connectivity index (χ2v) is 4.26. The van der Waals surface area contributed by atoms with Crippen LogP contribution in [0.1, 0.15) is 0 Å².